The number of hydrogen-bond acceptors (Lipinski definition) is 6. The highest BCUT2D eigenvalue weighted by Gasteiger charge is 2.15. The molecule has 3 N–H and O–H groups in total. The second-order valence-electron chi connectivity index (χ2n) is 6.51. The van der Waals surface area contributed by atoms with E-state index in [-0.39, 0.29) is 23.2 Å². The molecule has 0 unspecified atom stereocenters. The van der Waals surface area contributed by atoms with Gasteiger partial charge in [0.1, 0.15) is 0 Å². The van der Waals surface area contributed by atoms with Gasteiger partial charge in [0.2, 0.25) is 0 Å². The Morgan fingerprint density at radius 3 is 2.45 bits per heavy atom. The van der Waals surface area contributed by atoms with Crippen LogP contribution in [0.15, 0.2) is 41.2 Å². The molecule has 8 heteroatoms. The van der Waals surface area contributed by atoms with Gasteiger partial charge in [-0.1, -0.05) is 18.2 Å². The Morgan fingerprint density at radius 1 is 1.17 bits per heavy atom. The van der Waals surface area contributed by atoms with Gasteiger partial charge in [-0.3, -0.25) is 9.59 Å². The third kappa shape index (κ3) is 5.10. The van der Waals surface area contributed by atoms with E-state index in [0.29, 0.717) is 37.0 Å². The maximum atomic E-state index is 13.1. The van der Waals surface area contributed by atoms with Gasteiger partial charge in [0.15, 0.2) is 5.43 Å². The molecular formula is C21H26N2O5S. The number of anilines is 1. The number of aliphatic hydroxyl groups is 1. The first kappa shape index (κ1) is 22.8. The van der Waals surface area contributed by atoms with Gasteiger partial charge in [0.25, 0.3) is 6.47 Å². The Morgan fingerprint density at radius 2 is 1.83 bits per heavy atom. The van der Waals surface area contributed by atoms with Crippen LogP contribution in [0.2, 0.25) is 0 Å². The number of fused-ring (bicyclic) bond motifs is 2. The molecule has 0 radical (unpaired) electrons. The lowest BCUT2D eigenvalue weighted by Crippen LogP contribution is -2.44. The first-order chi connectivity index (χ1) is 13.9. The van der Waals surface area contributed by atoms with Crippen molar-refractivity contribution in [1.29, 1.82) is 0 Å². The van der Waals surface area contributed by atoms with E-state index in [2.05, 4.69) is 5.32 Å². The molecule has 0 amide bonds. The molecule has 0 atom stereocenters. The molecule has 0 bridgehead atoms. The minimum Gasteiger partial charge on any atom is -0.633 e. The van der Waals surface area contributed by atoms with Crippen molar-refractivity contribution in [3.63, 3.8) is 0 Å². The van der Waals surface area contributed by atoms with Crippen LogP contribution in [0, 0.1) is 5.21 Å². The van der Waals surface area contributed by atoms with Gasteiger partial charge in [0, 0.05) is 20.5 Å². The molecule has 1 aromatic heterocycles. The Bertz CT molecular complexity index is 1030. The number of carbonyl (C=O) groups is 1. The Kier molecular flexibility index (Phi) is 8.10. The Hall–Kier alpha value is -2.52. The highest BCUT2D eigenvalue weighted by atomic mass is 32.1. The predicted octanol–water partition coefficient (Wildman–Crippen LogP) is 3.37. The minimum atomic E-state index is -0.255. The van der Waals surface area contributed by atoms with Crippen LogP contribution in [0.1, 0.15) is 19.4 Å². The van der Waals surface area contributed by atoms with E-state index in [1.54, 1.807) is 0 Å². The van der Waals surface area contributed by atoms with Crippen LogP contribution in [0.25, 0.3) is 20.2 Å². The molecule has 156 valence electrons. The molecule has 0 saturated heterocycles. The van der Waals surface area contributed by atoms with Gasteiger partial charge < -0.3 is 25.4 Å². The first-order valence-corrected chi connectivity index (χ1v) is 10.2. The third-order valence-electron chi connectivity index (χ3n) is 4.97. The monoisotopic (exact) mass is 418 g/mol. The molecule has 1 heterocycles. The molecule has 29 heavy (non-hydrogen) atoms. The third-order valence-corrected chi connectivity index (χ3v) is 6.21. The fraction of sp³-hybridized carbons (Fsp3) is 0.333. The molecule has 0 spiro atoms. The number of aliphatic hydroxyl groups excluding tert-OH is 1. The normalized spacial score (nSPS) is 11.2. The summed E-state index contributed by atoms with van der Waals surface area (Å²) in [6.07, 6.45) is 0. The molecule has 3 rings (SSSR count). The zero-order valence-electron chi connectivity index (χ0n) is 16.6. The summed E-state index contributed by atoms with van der Waals surface area (Å²) in [5.41, 5.74) is 1.43. The van der Waals surface area contributed by atoms with Gasteiger partial charge in [0.05, 0.1) is 38.2 Å². The molecule has 0 aliphatic heterocycles. The Balaban J connectivity index is 0.000000941. The summed E-state index contributed by atoms with van der Waals surface area (Å²) in [4.78, 5) is 21.4. The van der Waals surface area contributed by atoms with Crippen molar-refractivity contribution in [2.24, 2.45) is 0 Å². The average Bonchev–Trinajstić information content (AvgIpc) is 2.74. The summed E-state index contributed by atoms with van der Waals surface area (Å²) in [5, 5.41) is 33.6. The van der Waals surface area contributed by atoms with Crippen molar-refractivity contribution in [1.82, 2.24) is 0 Å². The van der Waals surface area contributed by atoms with Crippen LogP contribution in [0.3, 0.4) is 0 Å². The second-order valence-corrected chi connectivity index (χ2v) is 7.56. The number of benzene rings is 2. The average molecular weight is 419 g/mol. The lowest BCUT2D eigenvalue weighted by molar-refractivity contribution is -0.875. The van der Waals surface area contributed by atoms with Crippen molar-refractivity contribution >= 4 is 43.7 Å². The SMILES string of the molecule is CC[N+]([O-])(CC)CCNc1ccc(CO)c2sc3ccccc3c(=O)c12.O=CO. The van der Waals surface area contributed by atoms with Crippen LogP contribution in [-0.2, 0) is 11.4 Å². The molecule has 0 aliphatic carbocycles. The van der Waals surface area contributed by atoms with E-state index in [1.165, 1.54) is 11.3 Å². The number of nitrogens with zero attached hydrogens (tertiary/aromatic N) is 1. The Labute approximate surface area is 173 Å². The lowest BCUT2D eigenvalue weighted by atomic mass is 10.1. The number of rotatable bonds is 7. The van der Waals surface area contributed by atoms with Crippen molar-refractivity contribution in [3.8, 4) is 0 Å². The molecule has 7 nitrogen and oxygen atoms in total. The quantitative estimate of drug-likeness (QED) is 0.235. The topological polar surface area (TPSA) is 110 Å². The predicted molar refractivity (Wildman–Crippen MR) is 118 cm³/mol. The molecule has 0 aliphatic rings. The number of hydrogen-bond donors (Lipinski definition) is 3. The van der Waals surface area contributed by atoms with E-state index in [4.69, 9.17) is 9.90 Å². The molecule has 3 aromatic rings. The van der Waals surface area contributed by atoms with Crippen LogP contribution in [0.5, 0.6) is 0 Å². The summed E-state index contributed by atoms with van der Waals surface area (Å²) in [6.45, 7) is 5.43. The standard InChI is InChI=1S/C20H24N2O3S.CH2O2/c1-3-22(25,4-2)12-11-21-16-10-9-14(13-23)20-18(16)19(24)15-7-5-6-8-17(15)26-20;2-1-3/h5-10,21,23H,3-4,11-13H2,1-2H3;1H,(H,2,3). The van der Waals surface area contributed by atoms with E-state index < -0.39 is 0 Å². The van der Waals surface area contributed by atoms with E-state index in [9.17, 15) is 15.1 Å². The van der Waals surface area contributed by atoms with Crippen molar-refractivity contribution in [3.05, 3.63) is 57.4 Å². The number of likely N-dealkylation sites (N-methyl/N-ethyl adjacent to an activating group) is 1. The smallest absolute Gasteiger partial charge is 0.290 e. The lowest BCUT2D eigenvalue weighted by Gasteiger charge is -2.41. The van der Waals surface area contributed by atoms with E-state index in [0.717, 1.165) is 20.7 Å². The molecule has 0 saturated carbocycles. The number of hydroxylamine groups is 3. The van der Waals surface area contributed by atoms with Crippen LogP contribution in [-0.4, -0.2) is 47.5 Å². The zero-order valence-corrected chi connectivity index (χ0v) is 17.4. The van der Waals surface area contributed by atoms with Crippen molar-refractivity contribution in [2.45, 2.75) is 20.5 Å². The molecule has 0 fully saturated rings. The number of quaternary nitrogens is 1. The number of nitrogens with one attached hydrogen (secondary N) is 1. The summed E-state index contributed by atoms with van der Waals surface area (Å²) in [5.74, 6) is 0. The fourth-order valence-electron chi connectivity index (χ4n) is 3.16. The summed E-state index contributed by atoms with van der Waals surface area (Å²) in [6, 6.07) is 11.2. The summed E-state index contributed by atoms with van der Waals surface area (Å²) >= 11 is 1.51. The largest absolute Gasteiger partial charge is 0.633 e. The number of carboxylic acid groups (broad SMARTS) is 1. The molecule has 2 aromatic carbocycles. The first-order valence-electron chi connectivity index (χ1n) is 9.41. The van der Waals surface area contributed by atoms with E-state index >= 15 is 0 Å². The van der Waals surface area contributed by atoms with Crippen molar-refractivity contribution in [2.75, 3.05) is 31.5 Å². The summed E-state index contributed by atoms with van der Waals surface area (Å²) < 4.78 is 1.45. The van der Waals surface area contributed by atoms with Gasteiger partial charge in [-0.25, -0.2) is 0 Å². The van der Waals surface area contributed by atoms with Crippen LogP contribution < -0.4 is 10.7 Å². The highest BCUT2D eigenvalue weighted by molar-refractivity contribution is 7.24. The zero-order chi connectivity index (χ0) is 21.4. The van der Waals surface area contributed by atoms with Gasteiger partial charge in [-0.2, -0.15) is 0 Å². The maximum Gasteiger partial charge on any atom is 0.290 e. The van der Waals surface area contributed by atoms with Gasteiger partial charge >= 0.3 is 0 Å². The molecular weight excluding hydrogens is 392 g/mol. The minimum absolute atomic E-state index is 0.0407. The van der Waals surface area contributed by atoms with Gasteiger partial charge in [-0.05, 0) is 37.6 Å². The second kappa shape index (κ2) is 10.3. The van der Waals surface area contributed by atoms with Crippen LogP contribution in [0.4, 0.5) is 5.69 Å². The van der Waals surface area contributed by atoms with E-state index in [1.807, 2.05) is 50.2 Å². The highest BCUT2D eigenvalue weighted by Crippen LogP contribution is 2.32. The fourth-order valence-corrected chi connectivity index (χ4v) is 4.37. The maximum absolute atomic E-state index is 13.1. The van der Waals surface area contributed by atoms with Gasteiger partial charge in [-0.15, -0.1) is 11.3 Å². The van der Waals surface area contributed by atoms with Crippen LogP contribution >= 0.6 is 11.3 Å². The summed E-state index contributed by atoms with van der Waals surface area (Å²) in [7, 11) is 0. The van der Waals surface area contributed by atoms with Crippen molar-refractivity contribution < 1.29 is 19.7 Å².